The van der Waals surface area contributed by atoms with Crippen LogP contribution in [0.5, 0.6) is 0 Å². The van der Waals surface area contributed by atoms with Crippen LogP contribution in [0.1, 0.15) is 37.9 Å². The zero-order valence-corrected chi connectivity index (χ0v) is 9.95. The van der Waals surface area contributed by atoms with Gasteiger partial charge in [-0.2, -0.15) is 0 Å². The Morgan fingerprint density at radius 1 is 1.44 bits per heavy atom. The third-order valence-corrected chi connectivity index (χ3v) is 3.27. The van der Waals surface area contributed by atoms with E-state index < -0.39 is 5.60 Å². The SMILES string of the molecule is CCC(C)(O)CNc1ncnc2c1CCC2. The lowest BCUT2D eigenvalue weighted by Gasteiger charge is -2.22. The molecule has 0 saturated carbocycles. The summed E-state index contributed by atoms with van der Waals surface area (Å²) in [5, 5.41) is 13.2. The molecule has 1 aliphatic carbocycles. The first-order valence-electron chi connectivity index (χ1n) is 5.91. The van der Waals surface area contributed by atoms with Gasteiger partial charge in [0.25, 0.3) is 0 Å². The van der Waals surface area contributed by atoms with Crippen LogP contribution in [-0.2, 0) is 12.8 Å². The van der Waals surface area contributed by atoms with Gasteiger partial charge in [0.1, 0.15) is 12.1 Å². The normalized spacial score (nSPS) is 17.9. The third kappa shape index (κ3) is 2.32. The largest absolute Gasteiger partial charge is 0.388 e. The summed E-state index contributed by atoms with van der Waals surface area (Å²) in [5.74, 6) is 0.899. The molecule has 0 aromatic carbocycles. The zero-order chi connectivity index (χ0) is 11.6. The Balaban J connectivity index is 2.08. The van der Waals surface area contributed by atoms with Crippen LogP contribution in [0, 0.1) is 0 Å². The molecule has 1 aromatic heterocycles. The highest BCUT2D eigenvalue weighted by Gasteiger charge is 2.20. The Kier molecular flexibility index (Phi) is 3.10. The topological polar surface area (TPSA) is 58.0 Å². The average molecular weight is 221 g/mol. The van der Waals surface area contributed by atoms with Crippen LogP contribution >= 0.6 is 0 Å². The predicted octanol–water partition coefficient (Wildman–Crippen LogP) is 1.54. The quantitative estimate of drug-likeness (QED) is 0.809. The van der Waals surface area contributed by atoms with E-state index in [4.69, 9.17) is 0 Å². The summed E-state index contributed by atoms with van der Waals surface area (Å²) in [7, 11) is 0. The summed E-state index contributed by atoms with van der Waals surface area (Å²) < 4.78 is 0. The lowest BCUT2D eigenvalue weighted by Crippen LogP contribution is -2.33. The number of aromatic nitrogens is 2. The Bertz CT molecular complexity index is 377. The van der Waals surface area contributed by atoms with Crippen molar-refractivity contribution in [1.29, 1.82) is 0 Å². The molecule has 1 atom stereocenters. The van der Waals surface area contributed by atoms with Crippen molar-refractivity contribution >= 4 is 5.82 Å². The molecule has 1 aromatic rings. The van der Waals surface area contributed by atoms with Crippen molar-refractivity contribution in [3.8, 4) is 0 Å². The smallest absolute Gasteiger partial charge is 0.132 e. The molecule has 0 saturated heterocycles. The molecular formula is C12H19N3O. The number of fused-ring (bicyclic) bond motifs is 1. The fraction of sp³-hybridized carbons (Fsp3) is 0.667. The number of hydrogen-bond acceptors (Lipinski definition) is 4. The summed E-state index contributed by atoms with van der Waals surface area (Å²) in [4.78, 5) is 8.53. The number of aryl methyl sites for hydroxylation is 1. The Hall–Kier alpha value is -1.16. The number of rotatable bonds is 4. The minimum Gasteiger partial charge on any atom is -0.388 e. The standard InChI is InChI=1S/C12H19N3O/c1-3-12(2,16)7-13-11-9-5-4-6-10(9)14-8-15-11/h8,16H,3-7H2,1-2H3,(H,13,14,15). The van der Waals surface area contributed by atoms with Crippen molar-refractivity contribution in [3.63, 3.8) is 0 Å². The van der Waals surface area contributed by atoms with Gasteiger partial charge in [-0.1, -0.05) is 6.92 Å². The van der Waals surface area contributed by atoms with Crippen molar-refractivity contribution < 1.29 is 5.11 Å². The molecule has 2 rings (SSSR count). The second-order valence-corrected chi connectivity index (χ2v) is 4.71. The third-order valence-electron chi connectivity index (χ3n) is 3.27. The number of anilines is 1. The van der Waals surface area contributed by atoms with Crippen molar-refractivity contribution in [1.82, 2.24) is 9.97 Å². The van der Waals surface area contributed by atoms with E-state index in [0.717, 1.165) is 37.2 Å². The maximum absolute atomic E-state index is 9.93. The number of nitrogens with zero attached hydrogens (tertiary/aromatic N) is 2. The second-order valence-electron chi connectivity index (χ2n) is 4.71. The summed E-state index contributed by atoms with van der Waals surface area (Å²) in [5.41, 5.74) is 1.72. The molecule has 0 radical (unpaired) electrons. The van der Waals surface area contributed by atoms with E-state index in [1.165, 1.54) is 5.56 Å². The molecule has 1 aliphatic rings. The van der Waals surface area contributed by atoms with E-state index in [9.17, 15) is 5.11 Å². The summed E-state index contributed by atoms with van der Waals surface area (Å²) in [6.45, 7) is 4.35. The molecule has 2 N–H and O–H groups in total. The maximum atomic E-state index is 9.93. The molecule has 88 valence electrons. The summed E-state index contributed by atoms with van der Waals surface area (Å²) in [6, 6.07) is 0. The molecule has 0 fully saturated rings. The first-order chi connectivity index (χ1) is 7.62. The van der Waals surface area contributed by atoms with E-state index in [2.05, 4.69) is 15.3 Å². The van der Waals surface area contributed by atoms with Gasteiger partial charge in [-0.05, 0) is 32.6 Å². The number of aliphatic hydroxyl groups is 1. The Morgan fingerprint density at radius 3 is 3.00 bits per heavy atom. The fourth-order valence-corrected chi connectivity index (χ4v) is 1.91. The van der Waals surface area contributed by atoms with Crippen LogP contribution in [0.25, 0.3) is 0 Å². The minimum atomic E-state index is -0.670. The maximum Gasteiger partial charge on any atom is 0.132 e. The van der Waals surface area contributed by atoms with Crippen LogP contribution in [-0.4, -0.2) is 27.2 Å². The molecule has 4 nitrogen and oxygen atoms in total. The monoisotopic (exact) mass is 221 g/mol. The number of nitrogens with one attached hydrogen (secondary N) is 1. The van der Waals surface area contributed by atoms with Gasteiger partial charge in [-0.25, -0.2) is 9.97 Å². The molecule has 16 heavy (non-hydrogen) atoms. The molecule has 4 heteroatoms. The molecule has 1 unspecified atom stereocenters. The highest BCUT2D eigenvalue weighted by molar-refractivity contribution is 5.48. The van der Waals surface area contributed by atoms with Gasteiger partial charge in [-0.15, -0.1) is 0 Å². The average Bonchev–Trinajstić information content (AvgIpc) is 2.75. The molecule has 1 heterocycles. The second kappa shape index (κ2) is 4.37. The van der Waals surface area contributed by atoms with E-state index in [-0.39, 0.29) is 0 Å². The fourth-order valence-electron chi connectivity index (χ4n) is 1.91. The molecular weight excluding hydrogens is 202 g/mol. The van der Waals surface area contributed by atoms with E-state index >= 15 is 0 Å². The van der Waals surface area contributed by atoms with Gasteiger partial charge in [0.2, 0.25) is 0 Å². The molecule has 0 bridgehead atoms. The first kappa shape index (κ1) is 11.3. The van der Waals surface area contributed by atoms with Crippen molar-refractivity contribution in [2.24, 2.45) is 0 Å². The van der Waals surface area contributed by atoms with E-state index in [1.54, 1.807) is 6.33 Å². The van der Waals surface area contributed by atoms with Gasteiger partial charge < -0.3 is 10.4 Å². The highest BCUT2D eigenvalue weighted by atomic mass is 16.3. The first-order valence-corrected chi connectivity index (χ1v) is 5.91. The van der Waals surface area contributed by atoms with Crippen LogP contribution < -0.4 is 5.32 Å². The van der Waals surface area contributed by atoms with E-state index in [1.807, 2.05) is 13.8 Å². The van der Waals surface area contributed by atoms with Gasteiger partial charge in [0.15, 0.2) is 0 Å². The van der Waals surface area contributed by atoms with Crippen LogP contribution in [0.15, 0.2) is 6.33 Å². The molecule has 0 aliphatic heterocycles. The lowest BCUT2D eigenvalue weighted by atomic mass is 10.0. The highest BCUT2D eigenvalue weighted by Crippen LogP contribution is 2.25. The zero-order valence-electron chi connectivity index (χ0n) is 9.95. The van der Waals surface area contributed by atoms with E-state index in [0.29, 0.717) is 6.54 Å². The van der Waals surface area contributed by atoms with Crippen molar-refractivity contribution in [3.05, 3.63) is 17.6 Å². The minimum absolute atomic E-state index is 0.535. The summed E-state index contributed by atoms with van der Waals surface area (Å²) >= 11 is 0. The Morgan fingerprint density at radius 2 is 2.25 bits per heavy atom. The number of hydrogen-bond donors (Lipinski definition) is 2. The van der Waals surface area contributed by atoms with Gasteiger partial charge >= 0.3 is 0 Å². The molecule has 0 spiro atoms. The van der Waals surface area contributed by atoms with Crippen molar-refractivity contribution in [2.75, 3.05) is 11.9 Å². The van der Waals surface area contributed by atoms with Crippen LogP contribution in [0.2, 0.25) is 0 Å². The lowest BCUT2D eigenvalue weighted by molar-refractivity contribution is 0.0696. The van der Waals surface area contributed by atoms with Gasteiger partial charge in [0.05, 0.1) is 5.60 Å². The van der Waals surface area contributed by atoms with Gasteiger partial charge in [-0.3, -0.25) is 0 Å². The predicted molar refractivity (Wildman–Crippen MR) is 63.5 cm³/mol. The van der Waals surface area contributed by atoms with Crippen LogP contribution in [0.4, 0.5) is 5.82 Å². The Labute approximate surface area is 96.1 Å². The van der Waals surface area contributed by atoms with Crippen LogP contribution in [0.3, 0.4) is 0 Å². The molecule has 0 amide bonds. The summed E-state index contributed by atoms with van der Waals surface area (Å²) in [6.07, 6.45) is 5.59. The van der Waals surface area contributed by atoms with Gasteiger partial charge in [0, 0.05) is 17.8 Å². The van der Waals surface area contributed by atoms with Crippen molar-refractivity contribution in [2.45, 2.75) is 45.1 Å².